The first-order chi connectivity index (χ1) is 8.33. The van der Waals surface area contributed by atoms with Crippen LogP contribution in [0.25, 0.3) is 0 Å². The normalized spacial score (nSPS) is 12.0. The lowest BCUT2D eigenvalue weighted by Crippen LogP contribution is -2.27. The number of sulfonamides is 1. The van der Waals surface area contributed by atoms with E-state index in [4.69, 9.17) is 17.3 Å². The molecule has 0 aliphatic carbocycles. The second-order valence-corrected chi connectivity index (χ2v) is 6.39. The van der Waals surface area contributed by atoms with Crippen molar-refractivity contribution in [3.05, 3.63) is 23.2 Å². The molecule has 1 aromatic rings. The SMILES string of the molecule is CN(C)CCCNS(=O)(=O)c1ccc(N)cc1Cl. The Morgan fingerprint density at radius 2 is 2.06 bits per heavy atom. The van der Waals surface area contributed by atoms with Crippen LogP contribution in [0.15, 0.2) is 23.1 Å². The average molecular weight is 292 g/mol. The second-order valence-electron chi connectivity index (χ2n) is 4.24. The number of halogens is 1. The van der Waals surface area contributed by atoms with Gasteiger partial charge in [-0.3, -0.25) is 0 Å². The largest absolute Gasteiger partial charge is 0.399 e. The molecule has 0 saturated heterocycles. The van der Waals surface area contributed by atoms with Gasteiger partial charge in [0.1, 0.15) is 4.90 Å². The Balaban J connectivity index is 2.69. The maximum absolute atomic E-state index is 12.0. The van der Waals surface area contributed by atoms with Gasteiger partial charge in [0.05, 0.1) is 5.02 Å². The highest BCUT2D eigenvalue weighted by atomic mass is 35.5. The predicted octanol–water partition coefficient (Wildman–Crippen LogP) is 1.15. The number of hydrogen-bond acceptors (Lipinski definition) is 4. The Hall–Kier alpha value is -0.820. The summed E-state index contributed by atoms with van der Waals surface area (Å²) < 4.78 is 26.4. The fourth-order valence-electron chi connectivity index (χ4n) is 1.41. The van der Waals surface area contributed by atoms with E-state index in [1.165, 1.54) is 18.2 Å². The number of benzene rings is 1. The molecule has 7 heteroatoms. The number of rotatable bonds is 6. The molecular formula is C11H18ClN3O2S. The summed E-state index contributed by atoms with van der Waals surface area (Å²) in [7, 11) is 0.310. The number of nitrogens with one attached hydrogen (secondary N) is 1. The third kappa shape index (κ3) is 4.45. The first kappa shape index (κ1) is 15.2. The van der Waals surface area contributed by atoms with E-state index in [0.29, 0.717) is 12.2 Å². The van der Waals surface area contributed by atoms with Crippen LogP contribution < -0.4 is 10.5 Å². The van der Waals surface area contributed by atoms with Crippen LogP contribution in [0, 0.1) is 0 Å². The lowest BCUT2D eigenvalue weighted by atomic mass is 10.3. The van der Waals surface area contributed by atoms with Crippen molar-refractivity contribution in [2.45, 2.75) is 11.3 Å². The van der Waals surface area contributed by atoms with Gasteiger partial charge in [-0.05, 0) is 45.3 Å². The fraction of sp³-hybridized carbons (Fsp3) is 0.455. The molecule has 0 bridgehead atoms. The molecule has 0 aromatic heterocycles. The minimum Gasteiger partial charge on any atom is -0.399 e. The standard InChI is InChI=1S/C11H18ClN3O2S/c1-15(2)7-3-6-14-18(16,17)11-5-4-9(13)8-10(11)12/h4-5,8,14H,3,6-7,13H2,1-2H3. The zero-order chi connectivity index (χ0) is 13.8. The monoisotopic (exact) mass is 291 g/mol. The summed E-state index contributed by atoms with van der Waals surface area (Å²) in [6.07, 6.45) is 0.735. The number of hydrogen-bond donors (Lipinski definition) is 2. The predicted molar refractivity (Wildman–Crippen MR) is 74.2 cm³/mol. The molecule has 18 heavy (non-hydrogen) atoms. The number of nitrogens with two attached hydrogens (primary N) is 1. The van der Waals surface area contributed by atoms with Crippen molar-refractivity contribution >= 4 is 27.3 Å². The minimum atomic E-state index is -3.56. The van der Waals surface area contributed by atoms with Gasteiger partial charge >= 0.3 is 0 Å². The molecule has 0 spiro atoms. The Morgan fingerprint density at radius 1 is 1.39 bits per heavy atom. The first-order valence-corrected chi connectivity index (χ1v) is 7.38. The quantitative estimate of drug-likeness (QED) is 0.609. The van der Waals surface area contributed by atoms with Gasteiger partial charge in [-0.25, -0.2) is 13.1 Å². The minimum absolute atomic E-state index is 0.0585. The number of anilines is 1. The van der Waals surface area contributed by atoms with Gasteiger partial charge < -0.3 is 10.6 Å². The third-order valence-corrected chi connectivity index (χ3v) is 4.26. The van der Waals surface area contributed by atoms with Crippen molar-refractivity contribution in [2.75, 3.05) is 32.9 Å². The van der Waals surface area contributed by atoms with E-state index in [-0.39, 0.29) is 9.92 Å². The van der Waals surface area contributed by atoms with Crippen LogP contribution in [-0.2, 0) is 10.0 Å². The van der Waals surface area contributed by atoms with Crippen LogP contribution in [0.5, 0.6) is 0 Å². The zero-order valence-corrected chi connectivity index (χ0v) is 12.1. The summed E-state index contributed by atoms with van der Waals surface area (Å²) >= 11 is 5.87. The van der Waals surface area contributed by atoms with E-state index in [2.05, 4.69) is 4.72 Å². The van der Waals surface area contributed by atoms with Crippen molar-refractivity contribution in [3.63, 3.8) is 0 Å². The van der Waals surface area contributed by atoms with E-state index in [1.54, 1.807) is 0 Å². The lowest BCUT2D eigenvalue weighted by molar-refractivity contribution is 0.400. The highest BCUT2D eigenvalue weighted by Gasteiger charge is 2.17. The summed E-state index contributed by atoms with van der Waals surface area (Å²) in [5, 5.41) is 0.134. The molecule has 0 atom stereocenters. The topological polar surface area (TPSA) is 75.4 Å². The molecule has 0 amide bonds. The van der Waals surface area contributed by atoms with Crippen molar-refractivity contribution < 1.29 is 8.42 Å². The fourth-order valence-corrected chi connectivity index (χ4v) is 3.04. The van der Waals surface area contributed by atoms with Gasteiger partial charge in [0.25, 0.3) is 0 Å². The van der Waals surface area contributed by atoms with Crippen molar-refractivity contribution in [3.8, 4) is 0 Å². The van der Waals surface area contributed by atoms with Gasteiger partial charge in [0.15, 0.2) is 0 Å². The lowest BCUT2D eigenvalue weighted by Gasteiger charge is -2.11. The van der Waals surface area contributed by atoms with E-state index in [1.807, 2.05) is 19.0 Å². The average Bonchev–Trinajstić information content (AvgIpc) is 2.23. The molecule has 0 aliphatic heterocycles. The maximum atomic E-state index is 12.0. The molecule has 0 saturated carbocycles. The Kier molecular flexibility index (Phi) is 5.40. The van der Waals surface area contributed by atoms with Crippen LogP contribution in [0.4, 0.5) is 5.69 Å². The maximum Gasteiger partial charge on any atom is 0.242 e. The summed E-state index contributed by atoms with van der Waals surface area (Å²) in [4.78, 5) is 2.05. The van der Waals surface area contributed by atoms with E-state index < -0.39 is 10.0 Å². The van der Waals surface area contributed by atoms with Crippen molar-refractivity contribution in [2.24, 2.45) is 0 Å². The molecule has 1 aromatic carbocycles. The number of nitrogen functional groups attached to an aromatic ring is 1. The van der Waals surface area contributed by atoms with Crippen LogP contribution in [0.3, 0.4) is 0 Å². The van der Waals surface area contributed by atoms with E-state index >= 15 is 0 Å². The summed E-state index contributed by atoms with van der Waals surface area (Å²) in [6, 6.07) is 4.35. The van der Waals surface area contributed by atoms with Crippen molar-refractivity contribution in [1.82, 2.24) is 9.62 Å². The van der Waals surface area contributed by atoms with Gasteiger partial charge in [-0.2, -0.15) is 0 Å². The Morgan fingerprint density at radius 3 is 2.61 bits per heavy atom. The molecular weight excluding hydrogens is 274 g/mol. The molecule has 102 valence electrons. The van der Waals surface area contributed by atoms with Crippen LogP contribution in [-0.4, -0.2) is 40.5 Å². The molecule has 5 nitrogen and oxygen atoms in total. The third-order valence-electron chi connectivity index (χ3n) is 2.32. The molecule has 0 fully saturated rings. The van der Waals surface area contributed by atoms with Gasteiger partial charge in [-0.15, -0.1) is 0 Å². The molecule has 1 rings (SSSR count). The zero-order valence-electron chi connectivity index (χ0n) is 10.5. The van der Waals surface area contributed by atoms with Crippen LogP contribution in [0.2, 0.25) is 5.02 Å². The smallest absolute Gasteiger partial charge is 0.242 e. The van der Waals surface area contributed by atoms with E-state index in [9.17, 15) is 8.42 Å². The van der Waals surface area contributed by atoms with E-state index in [0.717, 1.165) is 13.0 Å². The summed E-state index contributed by atoms with van der Waals surface area (Å²) in [5.74, 6) is 0. The molecule has 0 radical (unpaired) electrons. The molecule has 0 heterocycles. The van der Waals surface area contributed by atoms with Crippen LogP contribution in [0.1, 0.15) is 6.42 Å². The molecule has 3 N–H and O–H groups in total. The Bertz CT molecular complexity index is 503. The molecule has 0 unspecified atom stereocenters. The first-order valence-electron chi connectivity index (χ1n) is 5.52. The highest BCUT2D eigenvalue weighted by molar-refractivity contribution is 7.89. The number of nitrogens with zero attached hydrogens (tertiary/aromatic N) is 1. The highest BCUT2D eigenvalue weighted by Crippen LogP contribution is 2.23. The summed E-state index contributed by atoms with van der Waals surface area (Å²) in [6.45, 7) is 1.19. The second kappa shape index (κ2) is 6.38. The summed E-state index contributed by atoms with van der Waals surface area (Å²) in [5.41, 5.74) is 5.96. The Labute approximate surface area is 113 Å². The van der Waals surface area contributed by atoms with Crippen LogP contribution >= 0.6 is 11.6 Å². The van der Waals surface area contributed by atoms with Gasteiger partial charge in [0, 0.05) is 12.2 Å². The van der Waals surface area contributed by atoms with Crippen molar-refractivity contribution in [1.29, 1.82) is 0 Å². The van der Waals surface area contributed by atoms with Gasteiger partial charge in [-0.1, -0.05) is 11.6 Å². The molecule has 0 aliphatic rings. The van der Waals surface area contributed by atoms with Gasteiger partial charge in [0.2, 0.25) is 10.0 Å².